The first-order valence-electron chi connectivity index (χ1n) is 3.71. The Kier molecular flexibility index (Phi) is 2.45. The SMILES string of the molecule is N#CC(C#N)=c1ccc2c(c1)SSN=2. The third-order valence-electron chi connectivity index (χ3n) is 1.73. The maximum Gasteiger partial charge on any atom is 0.136 e. The first-order chi connectivity index (χ1) is 6.85. The normalized spacial score (nSPS) is 12.1. The summed E-state index contributed by atoms with van der Waals surface area (Å²) >= 11 is 0. The lowest BCUT2D eigenvalue weighted by atomic mass is 10.2. The van der Waals surface area contributed by atoms with E-state index in [0.29, 0.717) is 5.22 Å². The van der Waals surface area contributed by atoms with Crippen molar-refractivity contribution < 1.29 is 0 Å². The van der Waals surface area contributed by atoms with E-state index in [9.17, 15) is 0 Å². The van der Waals surface area contributed by atoms with Gasteiger partial charge in [-0.15, -0.1) is 0 Å². The number of nitriles is 2. The Labute approximate surface area is 88.3 Å². The Hall–Kier alpha value is -1.43. The zero-order chi connectivity index (χ0) is 9.97. The molecule has 0 bridgehead atoms. The van der Waals surface area contributed by atoms with Crippen LogP contribution in [-0.4, -0.2) is 0 Å². The van der Waals surface area contributed by atoms with Crippen LogP contribution in [0.1, 0.15) is 0 Å². The minimum Gasteiger partial charge on any atom is -0.204 e. The average Bonchev–Trinajstić information content (AvgIpc) is 2.66. The molecule has 0 unspecified atom stereocenters. The number of hydrogen-bond acceptors (Lipinski definition) is 5. The first kappa shape index (κ1) is 9.14. The summed E-state index contributed by atoms with van der Waals surface area (Å²) in [4.78, 5) is 1.01. The quantitative estimate of drug-likeness (QED) is 0.483. The molecule has 5 heteroatoms. The first-order valence-corrected chi connectivity index (χ1v) is 5.82. The number of rotatable bonds is 0. The van der Waals surface area contributed by atoms with Crippen molar-refractivity contribution in [1.29, 1.82) is 10.5 Å². The van der Waals surface area contributed by atoms with Gasteiger partial charge in [0.1, 0.15) is 17.7 Å². The van der Waals surface area contributed by atoms with Gasteiger partial charge in [0.25, 0.3) is 0 Å². The van der Waals surface area contributed by atoms with Gasteiger partial charge in [0.05, 0.1) is 5.36 Å². The van der Waals surface area contributed by atoms with E-state index >= 15 is 0 Å². The molecule has 66 valence electrons. The van der Waals surface area contributed by atoms with Crippen LogP contribution in [0.25, 0.3) is 5.57 Å². The molecule has 1 aliphatic rings. The van der Waals surface area contributed by atoms with Crippen molar-refractivity contribution in [3.63, 3.8) is 0 Å². The van der Waals surface area contributed by atoms with Gasteiger partial charge < -0.3 is 0 Å². The van der Waals surface area contributed by atoms with E-state index in [2.05, 4.69) is 4.40 Å². The van der Waals surface area contributed by atoms with E-state index < -0.39 is 0 Å². The van der Waals surface area contributed by atoms with Gasteiger partial charge in [-0.05, 0) is 22.9 Å². The molecule has 2 rings (SSSR count). The van der Waals surface area contributed by atoms with Crippen molar-refractivity contribution in [2.75, 3.05) is 0 Å². The van der Waals surface area contributed by atoms with Crippen LogP contribution in [-0.2, 0) is 0 Å². The van der Waals surface area contributed by atoms with E-state index in [-0.39, 0.29) is 5.57 Å². The van der Waals surface area contributed by atoms with E-state index in [1.54, 1.807) is 6.07 Å². The number of hydrogen-bond donors (Lipinski definition) is 0. The van der Waals surface area contributed by atoms with Gasteiger partial charge in [-0.3, -0.25) is 0 Å². The highest BCUT2D eigenvalue weighted by molar-refractivity contribution is 8.76. The minimum absolute atomic E-state index is 0.144. The molecule has 0 spiro atoms. The third-order valence-corrected chi connectivity index (χ3v) is 3.57. The second kappa shape index (κ2) is 3.75. The van der Waals surface area contributed by atoms with Crippen molar-refractivity contribution in [1.82, 2.24) is 0 Å². The Balaban J connectivity index is 2.74. The summed E-state index contributed by atoms with van der Waals surface area (Å²) in [6.45, 7) is 0. The fourth-order valence-electron chi connectivity index (χ4n) is 1.06. The highest BCUT2D eigenvalue weighted by atomic mass is 33.1. The van der Waals surface area contributed by atoms with Gasteiger partial charge in [-0.1, -0.05) is 6.07 Å². The fraction of sp³-hybridized carbons (Fsp3) is 0. The van der Waals surface area contributed by atoms with E-state index in [4.69, 9.17) is 10.5 Å². The molecule has 0 radical (unpaired) electrons. The molecule has 0 saturated carbocycles. The zero-order valence-electron chi connectivity index (χ0n) is 6.89. The number of benzene rings is 1. The smallest absolute Gasteiger partial charge is 0.136 e. The fourth-order valence-corrected chi connectivity index (χ4v) is 2.85. The van der Waals surface area contributed by atoms with Crippen LogP contribution < -0.4 is 10.6 Å². The zero-order valence-corrected chi connectivity index (χ0v) is 8.52. The van der Waals surface area contributed by atoms with Crippen molar-refractivity contribution in [3.8, 4) is 12.1 Å². The molecule has 0 saturated heterocycles. The van der Waals surface area contributed by atoms with Crippen molar-refractivity contribution >= 4 is 27.3 Å². The standard InChI is InChI=1S/C9H3N3S2/c10-4-7(5-11)6-1-2-8-9(3-6)13-14-12-8/h1-3H. The third kappa shape index (κ3) is 1.48. The van der Waals surface area contributed by atoms with Crippen LogP contribution in [0.3, 0.4) is 0 Å². The predicted molar refractivity (Wildman–Crippen MR) is 55.3 cm³/mol. The van der Waals surface area contributed by atoms with Gasteiger partial charge in [0.15, 0.2) is 0 Å². The second-order valence-electron chi connectivity index (χ2n) is 2.53. The average molecular weight is 217 g/mol. The molecule has 0 aliphatic carbocycles. The van der Waals surface area contributed by atoms with Crippen LogP contribution in [0, 0.1) is 22.7 Å². The summed E-state index contributed by atoms with van der Waals surface area (Å²) in [5.74, 6) is 0. The molecule has 0 atom stereocenters. The van der Waals surface area contributed by atoms with Crippen LogP contribution in [0.2, 0.25) is 0 Å². The van der Waals surface area contributed by atoms with Crippen LogP contribution in [0.4, 0.5) is 0 Å². The molecule has 14 heavy (non-hydrogen) atoms. The summed E-state index contributed by atoms with van der Waals surface area (Å²) in [5.41, 5.74) is 0.144. The molecule has 3 nitrogen and oxygen atoms in total. The highest BCUT2D eigenvalue weighted by Gasteiger charge is 2.06. The second-order valence-corrected chi connectivity index (χ2v) is 4.42. The molecular formula is C9H3N3S2. The molecule has 1 heterocycles. The van der Waals surface area contributed by atoms with Crippen molar-refractivity contribution in [2.45, 2.75) is 4.90 Å². The van der Waals surface area contributed by atoms with Crippen LogP contribution in [0.15, 0.2) is 27.5 Å². The molecule has 0 fully saturated rings. The lowest BCUT2D eigenvalue weighted by molar-refractivity contribution is 1.29. The van der Waals surface area contributed by atoms with Gasteiger partial charge in [0.2, 0.25) is 0 Å². The number of fused-ring (bicyclic) bond motifs is 1. The minimum atomic E-state index is 0.144. The number of nitrogens with zero attached hydrogens (tertiary/aromatic N) is 3. The monoisotopic (exact) mass is 217 g/mol. The summed E-state index contributed by atoms with van der Waals surface area (Å²) in [7, 11) is 2.94. The van der Waals surface area contributed by atoms with E-state index in [1.165, 1.54) is 21.8 Å². The molecule has 0 aromatic heterocycles. The Morgan fingerprint density at radius 3 is 2.79 bits per heavy atom. The van der Waals surface area contributed by atoms with Crippen molar-refractivity contribution in [3.05, 3.63) is 28.8 Å². The molecule has 1 aromatic carbocycles. The highest BCUT2D eigenvalue weighted by Crippen LogP contribution is 2.32. The Morgan fingerprint density at radius 2 is 2.07 bits per heavy atom. The van der Waals surface area contributed by atoms with Crippen molar-refractivity contribution in [2.24, 2.45) is 4.40 Å². The summed E-state index contributed by atoms with van der Waals surface area (Å²) in [6.07, 6.45) is 0. The van der Waals surface area contributed by atoms with Gasteiger partial charge in [-0.25, -0.2) is 4.40 Å². The summed E-state index contributed by atoms with van der Waals surface area (Å²) < 4.78 is 4.16. The summed E-state index contributed by atoms with van der Waals surface area (Å²) in [5, 5.41) is 18.9. The van der Waals surface area contributed by atoms with Crippen LogP contribution in [0.5, 0.6) is 0 Å². The van der Waals surface area contributed by atoms with Gasteiger partial charge >= 0.3 is 0 Å². The molecule has 1 aliphatic heterocycles. The lowest BCUT2D eigenvalue weighted by Crippen LogP contribution is -2.10. The van der Waals surface area contributed by atoms with E-state index in [0.717, 1.165) is 10.3 Å². The van der Waals surface area contributed by atoms with Gasteiger partial charge in [0, 0.05) is 21.1 Å². The van der Waals surface area contributed by atoms with Crippen LogP contribution >= 0.6 is 21.8 Å². The Bertz CT molecular complexity index is 562. The molecule has 1 aromatic rings. The molecule has 0 amide bonds. The largest absolute Gasteiger partial charge is 0.204 e. The Morgan fingerprint density at radius 1 is 1.29 bits per heavy atom. The topological polar surface area (TPSA) is 59.9 Å². The lowest BCUT2D eigenvalue weighted by Gasteiger charge is -1.89. The maximum absolute atomic E-state index is 8.68. The molecule has 0 N–H and O–H groups in total. The maximum atomic E-state index is 8.68. The molecular weight excluding hydrogens is 214 g/mol. The van der Waals surface area contributed by atoms with E-state index in [1.807, 2.05) is 24.3 Å². The summed E-state index contributed by atoms with van der Waals surface area (Å²) in [6, 6.07) is 9.13. The predicted octanol–water partition coefficient (Wildman–Crippen LogP) is 1.17. The van der Waals surface area contributed by atoms with Gasteiger partial charge in [-0.2, -0.15) is 10.5 Å².